The third-order valence-electron chi connectivity index (χ3n) is 3.93. The third kappa shape index (κ3) is 4.23. The standard InChI is InChI=1S/C18H18ClN3O4/c1-25-16(23)10-11-4-2-7-15(20-11)22-18(24)21-14-8-9-26-17-12(14)5-3-6-13(17)19/h2-7,14H,8-10H2,1H3,(H2,20,21,22,24)/t14-/m0/s1. The number of aromatic nitrogens is 1. The number of methoxy groups -OCH3 is 1. The molecule has 0 aliphatic carbocycles. The van der Waals surface area contributed by atoms with E-state index in [0.717, 1.165) is 5.56 Å². The summed E-state index contributed by atoms with van der Waals surface area (Å²) in [6.45, 7) is 0.467. The molecule has 0 unspecified atom stereocenters. The summed E-state index contributed by atoms with van der Waals surface area (Å²) in [7, 11) is 1.32. The average Bonchev–Trinajstić information content (AvgIpc) is 2.63. The van der Waals surface area contributed by atoms with Crippen molar-refractivity contribution in [2.75, 3.05) is 19.0 Å². The highest BCUT2D eigenvalue weighted by Gasteiger charge is 2.24. The van der Waals surface area contributed by atoms with Crippen molar-refractivity contribution in [2.24, 2.45) is 0 Å². The molecule has 0 saturated carbocycles. The van der Waals surface area contributed by atoms with Crippen LogP contribution in [0.1, 0.15) is 23.7 Å². The largest absolute Gasteiger partial charge is 0.492 e. The van der Waals surface area contributed by atoms with E-state index in [2.05, 4.69) is 20.4 Å². The van der Waals surface area contributed by atoms with Crippen LogP contribution >= 0.6 is 11.6 Å². The molecule has 1 aromatic carbocycles. The predicted molar refractivity (Wildman–Crippen MR) is 96.4 cm³/mol. The van der Waals surface area contributed by atoms with E-state index in [4.69, 9.17) is 16.3 Å². The summed E-state index contributed by atoms with van der Waals surface area (Å²) < 4.78 is 10.2. The number of pyridine rings is 1. The van der Waals surface area contributed by atoms with Gasteiger partial charge in [0.25, 0.3) is 0 Å². The minimum Gasteiger partial charge on any atom is -0.492 e. The number of hydrogen-bond donors (Lipinski definition) is 2. The zero-order valence-corrected chi connectivity index (χ0v) is 14.9. The van der Waals surface area contributed by atoms with Crippen molar-refractivity contribution in [2.45, 2.75) is 18.9 Å². The molecule has 1 aromatic heterocycles. The number of ether oxygens (including phenoxy) is 2. The molecular formula is C18H18ClN3O4. The second-order valence-corrected chi connectivity index (χ2v) is 6.12. The summed E-state index contributed by atoms with van der Waals surface area (Å²) in [5.74, 6) is 0.556. The van der Waals surface area contributed by atoms with Crippen molar-refractivity contribution >= 4 is 29.4 Å². The summed E-state index contributed by atoms with van der Waals surface area (Å²) in [5.41, 5.74) is 1.35. The first-order chi connectivity index (χ1) is 12.6. The molecule has 7 nitrogen and oxygen atoms in total. The minimum absolute atomic E-state index is 0.0411. The van der Waals surface area contributed by atoms with Gasteiger partial charge in [-0.05, 0) is 18.2 Å². The first kappa shape index (κ1) is 18.0. The number of nitrogens with one attached hydrogen (secondary N) is 2. The van der Waals surface area contributed by atoms with E-state index in [1.165, 1.54) is 7.11 Å². The fourth-order valence-electron chi connectivity index (χ4n) is 2.71. The Hall–Kier alpha value is -2.80. The van der Waals surface area contributed by atoms with Gasteiger partial charge in [-0.15, -0.1) is 0 Å². The van der Waals surface area contributed by atoms with Crippen LogP contribution in [-0.2, 0) is 16.0 Å². The number of halogens is 1. The first-order valence-corrected chi connectivity index (χ1v) is 8.46. The average molecular weight is 376 g/mol. The van der Waals surface area contributed by atoms with Crippen LogP contribution in [0.3, 0.4) is 0 Å². The summed E-state index contributed by atoms with van der Waals surface area (Å²) in [4.78, 5) is 27.9. The molecule has 2 amide bonds. The van der Waals surface area contributed by atoms with Gasteiger partial charge in [-0.2, -0.15) is 0 Å². The number of anilines is 1. The normalized spacial score (nSPS) is 15.4. The molecule has 0 fully saturated rings. The van der Waals surface area contributed by atoms with Gasteiger partial charge in [0.2, 0.25) is 0 Å². The van der Waals surface area contributed by atoms with Crippen molar-refractivity contribution in [3.63, 3.8) is 0 Å². The van der Waals surface area contributed by atoms with E-state index >= 15 is 0 Å². The highest BCUT2D eigenvalue weighted by atomic mass is 35.5. The zero-order chi connectivity index (χ0) is 18.5. The molecule has 2 aromatic rings. The second kappa shape index (κ2) is 8.05. The van der Waals surface area contributed by atoms with Crippen LogP contribution in [0.25, 0.3) is 0 Å². The van der Waals surface area contributed by atoms with Crippen LogP contribution in [0.5, 0.6) is 5.75 Å². The summed E-state index contributed by atoms with van der Waals surface area (Å²) in [6, 6.07) is 9.89. The van der Waals surface area contributed by atoms with Crippen molar-refractivity contribution < 1.29 is 19.1 Å². The van der Waals surface area contributed by atoms with Crippen molar-refractivity contribution in [3.05, 3.63) is 52.7 Å². The molecule has 3 rings (SSSR count). The number of urea groups is 1. The Kier molecular flexibility index (Phi) is 5.58. The molecule has 0 spiro atoms. The van der Waals surface area contributed by atoms with E-state index in [1.54, 1.807) is 24.3 Å². The highest BCUT2D eigenvalue weighted by molar-refractivity contribution is 6.32. The first-order valence-electron chi connectivity index (χ1n) is 8.08. The van der Waals surface area contributed by atoms with Crippen LogP contribution in [0, 0.1) is 0 Å². The Bertz CT molecular complexity index is 828. The fourth-order valence-corrected chi connectivity index (χ4v) is 2.95. The van der Waals surface area contributed by atoms with Crippen LogP contribution in [0.4, 0.5) is 10.6 Å². The lowest BCUT2D eigenvalue weighted by molar-refractivity contribution is -0.139. The summed E-state index contributed by atoms with van der Waals surface area (Å²) in [5, 5.41) is 6.10. The van der Waals surface area contributed by atoms with E-state index in [0.29, 0.717) is 35.3 Å². The van der Waals surface area contributed by atoms with Gasteiger partial charge in [0.05, 0.1) is 36.9 Å². The number of nitrogens with zero attached hydrogens (tertiary/aromatic N) is 1. The molecule has 26 heavy (non-hydrogen) atoms. The molecule has 0 radical (unpaired) electrons. The monoisotopic (exact) mass is 375 g/mol. The van der Waals surface area contributed by atoms with Crippen LogP contribution in [0.2, 0.25) is 5.02 Å². The number of hydrogen-bond acceptors (Lipinski definition) is 5. The number of esters is 1. The van der Waals surface area contributed by atoms with E-state index in [-0.39, 0.29) is 12.5 Å². The van der Waals surface area contributed by atoms with E-state index < -0.39 is 12.0 Å². The van der Waals surface area contributed by atoms with E-state index in [1.807, 2.05) is 12.1 Å². The minimum atomic E-state index is -0.398. The summed E-state index contributed by atoms with van der Waals surface area (Å²) in [6.07, 6.45) is 0.677. The Balaban J connectivity index is 1.66. The molecule has 2 heterocycles. The molecule has 8 heteroatoms. The smallest absolute Gasteiger partial charge is 0.320 e. The molecule has 0 saturated heterocycles. The lowest BCUT2D eigenvalue weighted by atomic mass is 10.0. The summed E-state index contributed by atoms with van der Waals surface area (Å²) >= 11 is 6.14. The van der Waals surface area contributed by atoms with Crippen LogP contribution < -0.4 is 15.4 Å². The van der Waals surface area contributed by atoms with Gasteiger partial charge in [-0.25, -0.2) is 9.78 Å². The molecule has 1 aliphatic rings. The SMILES string of the molecule is COC(=O)Cc1cccc(NC(=O)N[C@H]2CCOc3c(Cl)cccc32)n1. The lowest BCUT2D eigenvalue weighted by Gasteiger charge is -2.27. The van der Waals surface area contributed by atoms with E-state index in [9.17, 15) is 9.59 Å². The second-order valence-electron chi connectivity index (χ2n) is 5.71. The van der Waals surface area contributed by atoms with Gasteiger partial charge in [0.15, 0.2) is 0 Å². The topological polar surface area (TPSA) is 89.5 Å². The van der Waals surface area contributed by atoms with Gasteiger partial charge < -0.3 is 14.8 Å². The highest BCUT2D eigenvalue weighted by Crippen LogP contribution is 2.37. The number of rotatable bonds is 4. The molecule has 2 N–H and O–H groups in total. The molecule has 1 aliphatic heterocycles. The maximum atomic E-state index is 12.3. The Morgan fingerprint density at radius 2 is 2.12 bits per heavy atom. The maximum absolute atomic E-state index is 12.3. The van der Waals surface area contributed by atoms with Crippen molar-refractivity contribution in [1.82, 2.24) is 10.3 Å². The predicted octanol–water partition coefficient (Wildman–Crippen LogP) is 3.10. The van der Waals surface area contributed by atoms with Gasteiger partial charge in [0, 0.05) is 12.0 Å². The Morgan fingerprint density at radius 3 is 2.92 bits per heavy atom. The molecule has 1 atom stereocenters. The molecular weight excluding hydrogens is 358 g/mol. The van der Waals surface area contributed by atoms with Gasteiger partial charge in [-0.1, -0.05) is 29.8 Å². The Morgan fingerprint density at radius 1 is 1.31 bits per heavy atom. The van der Waals surface area contributed by atoms with Crippen molar-refractivity contribution in [3.8, 4) is 5.75 Å². The number of fused-ring (bicyclic) bond motifs is 1. The van der Waals surface area contributed by atoms with Crippen LogP contribution in [-0.4, -0.2) is 30.7 Å². The fraction of sp³-hybridized carbons (Fsp3) is 0.278. The maximum Gasteiger partial charge on any atom is 0.320 e. The molecule has 0 bridgehead atoms. The number of amides is 2. The van der Waals surface area contributed by atoms with Gasteiger partial charge in [-0.3, -0.25) is 10.1 Å². The lowest BCUT2D eigenvalue weighted by Crippen LogP contribution is -2.35. The quantitative estimate of drug-likeness (QED) is 0.801. The number of benzene rings is 1. The molecule has 136 valence electrons. The number of carbonyl (C=O) groups is 2. The zero-order valence-electron chi connectivity index (χ0n) is 14.1. The van der Waals surface area contributed by atoms with Gasteiger partial charge >= 0.3 is 12.0 Å². The van der Waals surface area contributed by atoms with Crippen LogP contribution in [0.15, 0.2) is 36.4 Å². The Labute approximate surface area is 155 Å². The third-order valence-corrected chi connectivity index (χ3v) is 4.23. The van der Waals surface area contributed by atoms with Gasteiger partial charge in [0.1, 0.15) is 11.6 Å². The number of carbonyl (C=O) groups excluding carboxylic acids is 2. The number of para-hydroxylation sites is 1. The van der Waals surface area contributed by atoms with Crippen molar-refractivity contribution in [1.29, 1.82) is 0 Å².